The Kier molecular flexibility index (Phi) is 3.94. The number of ketones is 1. The van der Waals surface area contributed by atoms with Crippen molar-refractivity contribution in [3.8, 4) is 11.5 Å². The zero-order chi connectivity index (χ0) is 19.6. The number of Topliss-reactive ketones (excluding diaryl/α,β-unsaturated/α-hetero) is 1. The van der Waals surface area contributed by atoms with Crippen molar-refractivity contribution in [1.82, 2.24) is 0 Å². The highest BCUT2D eigenvalue weighted by molar-refractivity contribution is 5.88. The van der Waals surface area contributed by atoms with Gasteiger partial charge in [0.1, 0.15) is 17.3 Å². The largest absolute Gasteiger partial charge is 0.426 e. The summed E-state index contributed by atoms with van der Waals surface area (Å²) in [7, 11) is 0. The second kappa shape index (κ2) is 5.87. The fraction of sp³-hybridized carbons (Fsp3) is 0.550. The van der Waals surface area contributed by atoms with E-state index in [2.05, 4.69) is 0 Å². The first kappa shape index (κ1) is 18.1. The Labute approximate surface area is 156 Å². The molecule has 3 aliphatic rings. The average molecular weight is 374 g/mol. The van der Waals surface area contributed by atoms with Crippen LogP contribution < -0.4 is 9.47 Å². The number of ether oxygens (including phenoxy) is 3. The minimum absolute atomic E-state index is 0.0602. The Morgan fingerprint density at radius 3 is 2.48 bits per heavy atom. The standard InChI is InChI=1S/C20H22O7/c1-10(21)26-13-4-5-14(27-11(2)22)16-12(13)8-19(3)15(23)6-7-20(24)9-25-17(16)18(19)20/h4-5,17-18,24H,6-9H2,1-3H3/t17-,18-,19+,20+/m0/s1. The van der Waals surface area contributed by atoms with Gasteiger partial charge in [-0.25, -0.2) is 0 Å². The molecular formula is C20H22O7. The minimum atomic E-state index is -1.10. The number of fused-ring (bicyclic) bond motifs is 2. The molecule has 2 aliphatic carbocycles. The van der Waals surface area contributed by atoms with Crippen molar-refractivity contribution in [1.29, 1.82) is 0 Å². The number of rotatable bonds is 2. The van der Waals surface area contributed by atoms with Crippen molar-refractivity contribution in [2.75, 3.05) is 6.61 Å². The van der Waals surface area contributed by atoms with Gasteiger partial charge in [0.05, 0.1) is 18.3 Å². The lowest BCUT2D eigenvalue weighted by atomic mass is 9.53. The van der Waals surface area contributed by atoms with E-state index < -0.39 is 35.0 Å². The summed E-state index contributed by atoms with van der Waals surface area (Å²) in [5, 5.41) is 11.1. The summed E-state index contributed by atoms with van der Waals surface area (Å²) >= 11 is 0. The third kappa shape index (κ3) is 2.60. The number of carbonyl (C=O) groups excluding carboxylic acids is 3. The first-order chi connectivity index (χ1) is 12.7. The minimum Gasteiger partial charge on any atom is -0.426 e. The van der Waals surface area contributed by atoms with Gasteiger partial charge < -0.3 is 19.3 Å². The molecule has 1 aliphatic heterocycles. The molecule has 7 heteroatoms. The Balaban J connectivity index is 1.94. The molecule has 4 rings (SSSR count). The van der Waals surface area contributed by atoms with E-state index in [4.69, 9.17) is 14.2 Å². The van der Waals surface area contributed by atoms with Crippen LogP contribution in [0.5, 0.6) is 11.5 Å². The van der Waals surface area contributed by atoms with Crippen LogP contribution in [0.3, 0.4) is 0 Å². The summed E-state index contributed by atoms with van der Waals surface area (Å²) in [6.45, 7) is 4.55. The third-order valence-corrected chi connectivity index (χ3v) is 6.11. The number of benzene rings is 1. The lowest BCUT2D eigenvalue weighted by Crippen LogP contribution is -2.56. The normalized spacial score (nSPS) is 33.9. The fourth-order valence-corrected chi connectivity index (χ4v) is 5.08. The van der Waals surface area contributed by atoms with Crippen LogP contribution in [-0.4, -0.2) is 35.0 Å². The number of hydrogen-bond acceptors (Lipinski definition) is 7. The molecule has 27 heavy (non-hydrogen) atoms. The topological polar surface area (TPSA) is 99.1 Å². The molecule has 0 aromatic heterocycles. The average Bonchev–Trinajstić information content (AvgIpc) is 2.93. The SMILES string of the molecule is CC(=O)Oc1ccc(OC(C)=O)c2c1C[C@]1(C)C(=O)CC[C@@]3(O)CO[C@@H]2[C@H]31. The first-order valence-corrected chi connectivity index (χ1v) is 9.05. The van der Waals surface area contributed by atoms with Crippen LogP contribution in [0.15, 0.2) is 12.1 Å². The molecule has 144 valence electrons. The molecule has 0 unspecified atom stereocenters. The first-order valence-electron chi connectivity index (χ1n) is 9.05. The van der Waals surface area contributed by atoms with E-state index >= 15 is 0 Å². The van der Waals surface area contributed by atoms with Crippen LogP contribution >= 0.6 is 0 Å². The smallest absolute Gasteiger partial charge is 0.308 e. The maximum absolute atomic E-state index is 12.9. The predicted molar refractivity (Wildman–Crippen MR) is 92.2 cm³/mol. The van der Waals surface area contributed by atoms with Crippen molar-refractivity contribution in [2.45, 2.75) is 51.7 Å². The van der Waals surface area contributed by atoms with Crippen molar-refractivity contribution >= 4 is 17.7 Å². The summed E-state index contributed by atoms with van der Waals surface area (Å²) in [6.07, 6.45) is 0.301. The highest BCUT2D eigenvalue weighted by atomic mass is 16.5. The molecule has 1 saturated heterocycles. The van der Waals surface area contributed by atoms with Gasteiger partial charge in [-0.05, 0) is 25.0 Å². The Hall–Kier alpha value is -2.25. The number of esters is 2. The molecule has 4 atom stereocenters. The predicted octanol–water partition coefficient (Wildman–Crippen LogP) is 1.88. The van der Waals surface area contributed by atoms with Crippen LogP contribution in [0.1, 0.15) is 50.8 Å². The van der Waals surface area contributed by atoms with Gasteiger partial charge in [0.2, 0.25) is 0 Å². The van der Waals surface area contributed by atoms with E-state index in [1.54, 1.807) is 12.1 Å². The number of carbonyl (C=O) groups is 3. The van der Waals surface area contributed by atoms with Crippen molar-refractivity contribution < 1.29 is 33.7 Å². The lowest BCUT2D eigenvalue weighted by Gasteiger charge is -2.50. The van der Waals surface area contributed by atoms with E-state index in [-0.39, 0.29) is 25.2 Å². The summed E-state index contributed by atoms with van der Waals surface area (Å²) < 4.78 is 16.7. The molecule has 0 radical (unpaired) electrons. The van der Waals surface area contributed by atoms with Crippen molar-refractivity contribution in [2.24, 2.45) is 11.3 Å². The summed E-state index contributed by atoms with van der Waals surface area (Å²) in [4.78, 5) is 36.0. The van der Waals surface area contributed by atoms with Crippen LogP contribution in [-0.2, 0) is 25.5 Å². The van der Waals surface area contributed by atoms with Crippen molar-refractivity contribution in [3.05, 3.63) is 23.3 Å². The van der Waals surface area contributed by atoms with Gasteiger partial charge in [-0.2, -0.15) is 0 Å². The molecule has 1 aromatic carbocycles. The van der Waals surface area contributed by atoms with Gasteiger partial charge >= 0.3 is 11.9 Å². The van der Waals surface area contributed by atoms with E-state index in [0.717, 1.165) is 0 Å². The number of aliphatic hydroxyl groups is 1. The molecule has 0 bridgehead atoms. The quantitative estimate of drug-likeness (QED) is 0.623. The van der Waals surface area contributed by atoms with E-state index in [0.29, 0.717) is 29.0 Å². The van der Waals surface area contributed by atoms with E-state index in [9.17, 15) is 19.5 Å². The monoisotopic (exact) mass is 374 g/mol. The molecule has 0 amide bonds. The number of hydrogen-bond donors (Lipinski definition) is 1. The maximum Gasteiger partial charge on any atom is 0.308 e. The molecule has 0 spiro atoms. The maximum atomic E-state index is 12.9. The summed E-state index contributed by atoms with van der Waals surface area (Å²) in [6, 6.07) is 3.13. The van der Waals surface area contributed by atoms with Crippen LogP contribution in [0, 0.1) is 11.3 Å². The Bertz CT molecular complexity index is 860. The highest BCUT2D eigenvalue weighted by Gasteiger charge is 2.65. The van der Waals surface area contributed by atoms with Gasteiger partial charge in [0, 0.05) is 42.7 Å². The third-order valence-electron chi connectivity index (χ3n) is 6.11. The molecule has 1 saturated carbocycles. The molecule has 1 heterocycles. The summed E-state index contributed by atoms with van der Waals surface area (Å²) in [5.74, 6) is -0.721. The lowest BCUT2D eigenvalue weighted by molar-refractivity contribution is -0.151. The van der Waals surface area contributed by atoms with E-state index in [1.165, 1.54) is 13.8 Å². The van der Waals surface area contributed by atoms with Gasteiger partial charge in [0.25, 0.3) is 0 Å². The van der Waals surface area contributed by atoms with Gasteiger partial charge in [-0.3, -0.25) is 14.4 Å². The highest BCUT2D eigenvalue weighted by Crippen LogP contribution is 2.62. The molecule has 1 N–H and O–H groups in total. The Morgan fingerprint density at radius 2 is 1.81 bits per heavy atom. The molecule has 2 fully saturated rings. The van der Waals surface area contributed by atoms with Gasteiger partial charge in [-0.15, -0.1) is 0 Å². The molecule has 7 nitrogen and oxygen atoms in total. The second-order valence-electron chi connectivity index (χ2n) is 7.97. The van der Waals surface area contributed by atoms with Crippen molar-refractivity contribution in [3.63, 3.8) is 0 Å². The molecular weight excluding hydrogens is 352 g/mol. The zero-order valence-electron chi connectivity index (χ0n) is 15.5. The molecule has 1 aromatic rings. The second-order valence-corrected chi connectivity index (χ2v) is 7.97. The Morgan fingerprint density at radius 1 is 1.19 bits per heavy atom. The van der Waals surface area contributed by atoms with E-state index in [1.807, 2.05) is 6.92 Å². The zero-order valence-corrected chi connectivity index (χ0v) is 15.5. The van der Waals surface area contributed by atoms with Gasteiger partial charge in [0.15, 0.2) is 0 Å². The van der Waals surface area contributed by atoms with Gasteiger partial charge in [-0.1, -0.05) is 6.92 Å². The fourth-order valence-electron chi connectivity index (χ4n) is 5.08. The van der Waals surface area contributed by atoms with Crippen LogP contribution in [0.2, 0.25) is 0 Å². The van der Waals surface area contributed by atoms with Crippen LogP contribution in [0.25, 0.3) is 0 Å². The van der Waals surface area contributed by atoms with Crippen LogP contribution in [0.4, 0.5) is 0 Å². The summed E-state index contributed by atoms with van der Waals surface area (Å²) in [5.41, 5.74) is -0.745.